The Morgan fingerprint density at radius 1 is 0.933 bits per heavy atom. The topological polar surface area (TPSA) is 46.4 Å². The van der Waals surface area contributed by atoms with Crippen LogP contribution >= 0.6 is 0 Å². The van der Waals surface area contributed by atoms with Crippen LogP contribution < -0.4 is 5.32 Å². The standard InChI is InChI=1S/C26H21N3O/c1-18-14-15-29-23(16-18)27-25(20-9-3-2-4-10-20)26(29)28-24(30)17-21-12-7-11-19-8-5-6-13-22(19)21/h2-16H,17H2,1H3,(H,28,30). The second-order valence-electron chi connectivity index (χ2n) is 7.47. The molecule has 0 unspecified atom stereocenters. The fourth-order valence-electron chi connectivity index (χ4n) is 3.86. The number of anilines is 1. The molecule has 1 N–H and O–H groups in total. The van der Waals surface area contributed by atoms with Crippen molar-refractivity contribution < 1.29 is 4.79 Å². The summed E-state index contributed by atoms with van der Waals surface area (Å²) in [6.45, 7) is 2.04. The first-order chi connectivity index (χ1) is 14.7. The van der Waals surface area contributed by atoms with E-state index in [4.69, 9.17) is 4.98 Å². The first kappa shape index (κ1) is 18.1. The third kappa shape index (κ3) is 3.33. The minimum atomic E-state index is -0.0640. The lowest BCUT2D eigenvalue weighted by atomic mass is 10.0. The van der Waals surface area contributed by atoms with Crippen LogP contribution in [0.3, 0.4) is 0 Å². The predicted octanol–water partition coefficient (Wildman–Crippen LogP) is 5.64. The van der Waals surface area contributed by atoms with Gasteiger partial charge in [0.25, 0.3) is 0 Å². The van der Waals surface area contributed by atoms with Gasteiger partial charge in [0.15, 0.2) is 0 Å². The maximum atomic E-state index is 13.1. The zero-order chi connectivity index (χ0) is 20.5. The van der Waals surface area contributed by atoms with Crippen LogP contribution in [0.4, 0.5) is 5.82 Å². The average molecular weight is 391 g/mol. The molecule has 30 heavy (non-hydrogen) atoms. The van der Waals surface area contributed by atoms with E-state index in [1.54, 1.807) is 0 Å². The Kier molecular flexibility index (Phi) is 4.52. The Bertz CT molecular complexity index is 1360. The normalized spacial score (nSPS) is 11.1. The molecule has 3 aromatic carbocycles. The molecule has 0 spiro atoms. The monoisotopic (exact) mass is 391 g/mol. The summed E-state index contributed by atoms with van der Waals surface area (Å²) in [6.07, 6.45) is 2.26. The zero-order valence-corrected chi connectivity index (χ0v) is 16.7. The van der Waals surface area contributed by atoms with E-state index in [9.17, 15) is 4.79 Å². The van der Waals surface area contributed by atoms with E-state index in [0.717, 1.165) is 38.8 Å². The highest BCUT2D eigenvalue weighted by atomic mass is 16.1. The number of nitrogens with zero attached hydrogens (tertiary/aromatic N) is 2. The molecule has 2 aromatic heterocycles. The van der Waals surface area contributed by atoms with Crippen molar-refractivity contribution in [2.45, 2.75) is 13.3 Å². The highest BCUT2D eigenvalue weighted by molar-refractivity contribution is 5.98. The largest absolute Gasteiger partial charge is 0.310 e. The van der Waals surface area contributed by atoms with E-state index in [1.165, 1.54) is 0 Å². The van der Waals surface area contributed by atoms with E-state index in [1.807, 2.05) is 84.3 Å². The van der Waals surface area contributed by atoms with Crippen LogP contribution in [0, 0.1) is 6.92 Å². The SMILES string of the molecule is Cc1ccn2c(NC(=O)Cc3cccc4ccccc34)c(-c3ccccc3)nc2c1. The summed E-state index contributed by atoms with van der Waals surface area (Å²) in [5.74, 6) is 0.632. The summed E-state index contributed by atoms with van der Waals surface area (Å²) in [7, 11) is 0. The lowest BCUT2D eigenvalue weighted by Crippen LogP contribution is -2.16. The first-order valence-corrected chi connectivity index (χ1v) is 10.00. The highest BCUT2D eigenvalue weighted by Crippen LogP contribution is 2.29. The van der Waals surface area contributed by atoms with Crippen LogP contribution in [0.2, 0.25) is 0 Å². The number of imidazole rings is 1. The van der Waals surface area contributed by atoms with Crippen molar-refractivity contribution in [3.8, 4) is 11.3 Å². The van der Waals surface area contributed by atoms with Gasteiger partial charge in [-0.2, -0.15) is 0 Å². The number of pyridine rings is 1. The molecule has 0 aliphatic heterocycles. The smallest absolute Gasteiger partial charge is 0.229 e. The van der Waals surface area contributed by atoms with Crippen molar-refractivity contribution >= 4 is 28.1 Å². The third-order valence-electron chi connectivity index (χ3n) is 5.32. The van der Waals surface area contributed by atoms with Gasteiger partial charge in [0, 0.05) is 11.8 Å². The number of rotatable bonds is 4. The number of fused-ring (bicyclic) bond motifs is 2. The Morgan fingerprint density at radius 2 is 1.70 bits per heavy atom. The number of benzene rings is 3. The van der Waals surface area contributed by atoms with Crippen molar-refractivity contribution in [2.24, 2.45) is 0 Å². The maximum absolute atomic E-state index is 13.1. The summed E-state index contributed by atoms with van der Waals surface area (Å²) >= 11 is 0. The van der Waals surface area contributed by atoms with Crippen LogP contribution in [-0.2, 0) is 11.2 Å². The fraction of sp³-hybridized carbons (Fsp3) is 0.0769. The van der Waals surface area contributed by atoms with E-state index >= 15 is 0 Å². The summed E-state index contributed by atoms with van der Waals surface area (Å²) in [4.78, 5) is 17.9. The molecule has 0 saturated heterocycles. The lowest BCUT2D eigenvalue weighted by molar-refractivity contribution is -0.115. The summed E-state index contributed by atoms with van der Waals surface area (Å²) in [6, 6.07) is 28.2. The van der Waals surface area contributed by atoms with E-state index in [0.29, 0.717) is 12.2 Å². The Morgan fingerprint density at radius 3 is 2.57 bits per heavy atom. The number of carbonyl (C=O) groups excluding carboxylic acids is 1. The van der Waals surface area contributed by atoms with Gasteiger partial charge < -0.3 is 5.32 Å². The van der Waals surface area contributed by atoms with Crippen LogP contribution in [0.5, 0.6) is 0 Å². The Balaban J connectivity index is 1.53. The molecule has 0 radical (unpaired) electrons. The molecule has 4 nitrogen and oxygen atoms in total. The number of nitrogens with one attached hydrogen (secondary N) is 1. The second-order valence-corrected chi connectivity index (χ2v) is 7.47. The van der Waals surface area contributed by atoms with Gasteiger partial charge in [-0.25, -0.2) is 4.98 Å². The quantitative estimate of drug-likeness (QED) is 0.431. The number of carbonyl (C=O) groups is 1. The Hall–Kier alpha value is -3.92. The first-order valence-electron chi connectivity index (χ1n) is 10.00. The molecule has 1 amide bonds. The van der Waals surface area contributed by atoms with Gasteiger partial charge in [0.1, 0.15) is 17.2 Å². The fourth-order valence-corrected chi connectivity index (χ4v) is 3.86. The van der Waals surface area contributed by atoms with Crippen molar-refractivity contribution in [3.63, 3.8) is 0 Å². The minimum Gasteiger partial charge on any atom is -0.310 e. The molecule has 0 aliphatic carbocycles. The van der Waals surface area contributed by atoms with Crippen LogP contribution in [0.25, 0.3) is 27.7 Å². The van der Waals surface area contributed by atoms with Gasteiger partial charge in [0.05, 0.1) is 6.42 Å². The number of hydrogen-bond acceptors (Lipinski definition) is 2. The van der Waals surface area contributed by atoms with Gasteiger partial charge in [-0.15, -0.1) is 0 Å². The zero-order valence-electron chi connectivity index (χ0n) is 16.7. The summed E-state index contributed by atoms with van der Waals surface area (Å²) < 4.78 is 1.94. The van der Waals surface area contributed by atoms with Gasteiger partial charge in [-0.1, -0.05) is 72.8 Å². The van der Waals surface area contributed by atoms with Crippen molar-refractivity contribution in [1.82, 2.24) is 9.38 Å². The minimum absolute atomic E-state index is 0.0640. The molecule has 0 saturated carbocycles. The molecular weight excluding hydrogens is 370 g/mol. The molecule has 146 valence electrons. The third-order valence-corrected chi connectivity index (χ3v) is 5.32. The maximum Gasteiger partial charge on any atom is 0.229 e. The van der Waals surface area contributed by atoms with Gasteiger partial charge >= 0.3 is 0 Å². The number of aryl methyl sites for hydroxylation is 1. The lowest BCUT2D eigenvalue weighted by Gasteiger charge is -2.10. The number of aromatic nitrogens is 2. The average Bonchev–Trinajstić information content (AvgIpc) is 3.12. The molecule has 0 aliphatic rings. The van der Waals surface area contributed by atoms with E-state index < -0.39 is 0 Å². The number of hydrogen-bond donors (Lipinski definition) is 1. The van der Waals surface area contributed by atoms with Gasteiger partial charge in [-0.3, -0.25) is 9.20 Å². The van der Waals surface area contributed by atoms with Crippen molar-refractivity contribution in [3.05, 3.63) is 102 Å². The molecule has 0 bridgehead atoms. The van der Waals surface area contributed by atoms with E-state index in [-0.39, 0.29) is 5.91 Å². The van der Waals surface area contributed by atoms with Gasteiger partial charge in [-0.05, 0) is 41.0 Å². The van der Waals surface area contributed by atoms with Crippen molar-refractivity contribution in [2.75, 3.05) is 5.32 Å². The molecule has 0 atom stereocenters. The summed E-state index contributed by atoms with van der Waals surface area (Å²) in [5, 5.41) is 5.37. The van der Waals surface area contributed by atoms with Gasteiger partial charge in [0.2, 0.25) is 5.91 Å². The second kappa shape index (κ2) is 7.48. The molecule has 2 heterocycles. The van der Waals surface area contributed by atoms with Crippen LogP contribution in [-0.4, -0.2) is 15.3 Å². The predicted molar refractivity (Wildman–Crippen MR) is 122 cm³/mol. The Labute approximate surface area is 174 Å². The molecule has 5 aromatic rings. The number of amides is 1. The van der Waals surface area contributed by atoms with Crippen LogP contribution in [0.1, 0.15) is 11.1 Å². The van der Waals surface area contributed by atoms with Crippen molar-refractivity contribution in [1.29, 1.82) is 0 Å². The molecule has 4 heteroatoms. The highest BCUT2D eigenvalue weighted by Gasteiger charge is 2.17. The molecule has 5 rings (SSSR count). The van der Waals surface area contributed by atoms with E-state index in [2.05, 4.69) is 23.5 Å². The molecular formula is C26H21N3O. The molecule has 0 fully saturated rings. The van der Waals surface area contributed by atoms with Crippen LogP contribution in [0.15, 0.2) is 91.1 Å². The summed E-state index contributed by atoms with van der Waals surface area (Å²) in [5.41, 5.74) is 4.69.